The molecule has 1 aromatic carbocycles. The standard InChI is InChI=1S/C14H20O/c1-12(2)10-8-6-7-9-11(10)14(5,15)13(12,3)4/h6-9,15H,1-5H3. The minimum absolute atomic E-state index is 0.00704. The Hall–Kier alpha value is -0.820. The molecule has 0 heterocycles. The molecule has 0 fully saturated rings. The van der Waals surface area contributed by atoms with E-state index in [2.05, 4.69) is 39.8 Å². The normalized spacial score (nSPS) is 31.3. The summed E-state index contributed by atoms with van der Waals surface area (Å²) in [5.41, 5.74) is 1.48. The van der Waals surface area contributed by atoms with Gasteiger partial charge in [-0.05, 0) is 23.5 Å². The van der Waals surface area contributed by atoms with Crippen LogP contribution in [0.4, 0.5) is 0 Å². The van der Waals surface area contributed by atoms with Gasteiger partial charge in [0, 0.05) is 5.41 Å². The van der Waals surface area contributed by atoms with Gasteiger partial charge < -0.3 is 5.11 Å². The molecule has 82 valence electrons. The van der Waals surface area contributed by atoms with Crippen LogP contribution in [0, 0.1) is 5.41 Å². The van der Waals surface area contributed by atoms with E-state index in [-0.39, 0.29) is 10.8 Å². The molecule has 0 bridgehead atoms. The van der Waals surface area contributed by atoms with E-state index in [4.69, 9.17) is 0 Å². The maximum absolute atomic E-state index is 10.7. The third-order valence-electron chi connectivity index (χ3n) is 4.90. The number of aliphatic hydroxyl groups is 1. The lowest BCUT2D eigenvalue weighted by Gasteiger charge is -2.43. The lowest BCUT2D eigenvalue weighted by Crippen LogP contribution is -2.44. The fraction of sp³-hybridized carbons (Fsp3) is 0.571. The Kier molecular flexibility index (Phi) is 1.89. The van der Waals surface area contributed by atoms with Crippen molar-refractivity contribution < 1.29 is 5.11 Å². The lowest BCUT2D eigenvalue weighted by molar-refractivity contribution is -0.0729. The Morgan fingerprint density at radius 1 is 0.867 bits per heavy atom. The molecule has 1 aromatic rings. The molecule has 15 heavy (non-hydrogen) atoms. The first kappa shape index (κ1) is 10.7. The van der Waals surface area contributed by atoms with E-state index in [1.54, 1.807) is 0 Å². The Balaban J connectivity index is 2.78. The molecule has 0 aromatic heterocycles. The third-order valence-corrected chi connectivity index (χ3v) is 4.90. The molecule has 1 N–H and O–H groups in total. The van der Waals surface area contributed by atoms with Crippen molar-refractivity contribution in [2.24, 2.45) is 5.41 Å². The molecule has 1 aliphatic rings. The molecule has 0 saturated heterocycles. The van der Waals surface area contributed by atoms with Crippen molar-refractivity contribution >= 4 is 0 Å². The molecule has 0 spiro atoms. The first-order valence-corrected chi connectivity index (χ1v) is 5.55. The van der Waals surface area contributed by atoms with Crippen LogP contribution in [0.5, 0.6) is 0 Å². The summed E-state index contributed by atoms with van der Waals surface area (Å²) in [5.74, 6) is 0. The molecule has 1 nitrogen and oxygen atoms in total. The summed E-state index contributed by atoms with van der Waals surface area (Å²) < 4.78 is 0. The molecular weight excluding hydrogens is 184 g/mol. The van der Waals surface area contributed by atoms with E-state index in [0.717, 1.165) is 5.56 Å². The average Bonchev–Trinajstić information content (AvgIpc) is 2.26. The van der Waals surface area contributed by atoms with Gasteiger partial charge in [-0.1, -0.05) is 52.0 Å². The Morgan fingerprint density at radius 3 is 1.80 bits per heavy atom. The minimum Gasteiger partial charge on any atom is -0.385 e. The van der Waals surface area contributed by atoms with Crippen LogP contribution in [0.15, 0.2) is 24.3 Å². The summed E-state index contributed by atoms with van der Waals surface area (Å²) >= 11 is 0. The quantitative estimate of drug-likeness (QED) is 0.688. The van der Waals surface area contributed by atoms with Gasteiger partial charge in [-0.15, -0.1) is 0 Å². The average molecular weight is 204 g/mol. The lowest BCUT2D eigenvalue weighted by atomic mass is 9.63. The van der Waals surface area contributed by atoms with Crippen LogP contribution >= 0.6 is 0 Å². The molecule has 2 rings (SSSR count). The SMILES string of the molecule is CC1(C)c2ccccc2C(C)(O)C1(C)C. The van der Waals surface area contributed by atoms with Crippen LogP contribution in [0.1, 0.15) is 45.7 Å². The van der Waals surface area contributed by atoms with Crippen molar-refractivity contribution in [1.82, 2.24) is 0 Å². The number of hydrogen-bond acceptors (Lipinski definition) is 1. The van der Waals surface area contributed by atoms with Gasteiger partial charge >= 0.3 is 0 Å². The van der Waals surface area contributed by atoms with Crippen LogP contribution < -0.4 is 0 Å². The molecule has 1 unspecified atom stereocenters. The van der Waals surface area contributed by atoms with Crippen LogP contribution in [-0.2, 0) is 11.0 Å². The molecule has 1 heteroatoms. The van der Waals surface area contributed by atoms with E-state index in [0.29, 0.717) is 0 Å². The summed E-state index contributed by atoms with van der Waals surface area (Å²) in [5, 5.41) is 10.7. The van der Waals surface area contributed by atoms with Gasteiger partial charge in [0.1, 0.15) is 0 Å². The Morgan fingerprint density at radius 2 is 1.33 bits per heavy atom. The topological polar surface area (TPSA) is 20.2 Å². The van der Waals surface area contributed by atoms with Gasteiger partial charge in [-0.2, -0.15) is 0 Å². The van der Waals surface area contributed by atoms with Crippen molar-refractivity contribution in [1.29, 1.82) is 0 Å². The van der Waals surface area contributed by atoms with E-state index in [9.17, 15) is 5.11 Å². The smallest absolute Gasteiger partial charge is 0.0930 e. The second kappa shape index (κ2) is 2.65. The van der Waals surface area contributed by atoms with Crippen molar-refractivity contribution in [3.05, 3.63) is 35.4 Å². The van der Waals surface area contributed by atoms with Crippen molar-refractivity contribution in [2.45, 2.75) is 45.6 Å². The fourth-order valence-electron chi connectivity index (χ4n) is 2.73. The van der Waals surface area contributed by atoms with Crippen molar-refractivity contribution in [3.8, 4) is 0 Å². The molecule has 0 amide bonds. The van der Waals surface area contributed by atoms with Crippen molar-refractivity contribution in [3.63, 3.8) is 0 Å². The summed E-state index contributed by atoms with van der Waals surface area (Å²) in [6.07, 6.45) is 0. The number of rotatable bonds is 0. The van der Waals surface area contributed by atoms with E-state index >= 15 is 0 Å². The molecule has 0 saturated carbocycles. The van der Waals surface area contributed by atoms with Gasteiger partial charge in [-0.25, -0.2) is 0 Å². The van der Waals surface area contributed by atoms with Crippen LogP contribution in [0.3, 0.4) is 0 Å². The molecule has 0 radical (unpaired) electrons. The largest absolute Gasteiger partial charge is 0.385 e. The molecule has 1 atom stereocenters. The maximum Gasteiger partial charge on any atom is 0.0930 e. The highest BCUT2D eigenvalue weighted by Gasteiger charge is 2.58. The van der Waals surface area contributed by atoms with Gasteiger partial charge in [0.05, 0.1) is 5.60 Å². The van der Waals surface area contributed by atoms with Crippen molar-refractivity contribution in [2.75, 3.05) is 0 Å². The zero-order chi connectivity index (χ0) is 11.5. The minimum atomic E-state index is -0.743. The van der Waals surface area contributed by atoms with Crippen LogP contribution in [0.25, 0.3) is 0 Å². The monoisotopic (exact) mass is 204 g/mol. The van der Waals surface area contributed by atoms with E-state index in [1.165, 1.54) is 5.56 Å². The highest BCUT2D eigenvalue weighted by molar-refractivity contribution is 5.46. The molecule has 0 aliphatic heterocycles. The zero-order valence-corrected chi connectivity index (χ0v) is 10.3. The van der Waals surface area contributed by atoms with Crippen LogP contribution in [-0.4, -0.2) is 5.11 Å². The third kappa shape index (κ3) is 1.02. The van der Waals surface area contributed by atoms with Gasteiger partial charge in [0.2, 0.25) is 0 Å². The molecule has 1 aliphatic carbocycles. The van der Waals surface area contributed by atoms with Gasteiger partial charge in [0.15, 0.2) is 0 Å². The Labute approximate surface area is 92.1 Å². The second-order valence-electron chi connectivity index (χ2n) is 5.87. The van der Waals surface area contributed by atoms with E-state index < -0.39 is 5.60 Å². The molecular formula is C14H20O. The predicted octanol–water partition coefficient (Wildman–Crippen LogP) is 3.21. The fourth-order valence-corrected chi connectivity index (χ4v) is 2.73. The summed E-state index contributed by atoms with van der Waals surface area (Å²) in [6, 6.07) is 8.24. The van der Waals surface area contributed by atoms with Crippen LogP contribution in [0.2, 0.25) is 0 Å². The summed E-state index contributed by atoms with van der Waals surface area (Å²) in [6.45, 7) is 10.7. The number of hydrogen-bond donors (Lipinski definition) is 1. The summed E-state index contributed by atoms with van der Waals surface area (Å²) in [4.78, 5) is 0. The highest BCUT2D eigenvalue weighted by Crippen LogP contribution is 2.60. The summed E-state index contributed by atoms with van der Waals surface area (Å²) in [7, 11) is 0. The first-order chi connectivity index (χ1) is 6.73. The Bertz CT molecular complexity index is 363. The zero-order valence-electron chi connectivity index (χ0n) is 10.3. The van der Waals surface area contributed by atoms with Gasteiger partial charge in [-0.3, -0.25) is 0 Å². The number of fused-ring (bicyclic) bond motifs is 1. The highest BCUT2D eigenvalue weighted by atomic mass is 16.3. The van der Waals surface area contributed by atoms with E-state index in [1.807, 2.05) is 19.1 Å². The second-order valence-corrected chi connectivity index (χ2v) is 5.87. The first-order valence-electron chi connectivity index (χ1n) is 5.55. The number of benzene rings is 1. The maximum atomic E-state index is 10.7. The van der Waals surface area contributed by atoms with Gasteiger partial charge in [0.25, 0.3) is 0 Å². The predicted molar refractivity (Wildman–Crippen MR) is 62.8 cm³/mol.